The summed E-state index contributed by atoms with van der Waals surface area (Å²) in [6.07, 6.45) is 1.96. The van der Waals surface area contributed by atoms with E-state index in [-0.39, 0.29) is 17.4 Å². The molecular weight excluding hydrogens is 400 g/mol. The number of aromatic nitrogens is 1. The summed E-state index contributed by atoms with van der Waals surface area (Å²) in [5, 5.41) is 11.0. The molecule has 1 aromatic carbocycles. The van der Waals surface area contributed by atoms with Crippen LogP contribution in [0.15, 0.2) is 51.7 Å². The summed E-state index contributed by atoms with van der Waals surface area (Å²) in [7, 11) is 0. The first-order valence-corrected chi connectivity index (χ1v) is 9.95. The highest BCUT2D eigenvalue weighted by Crippen LogP contribution is 2.31. The summed E-state index contributed by atoms with van der Waals surface area (Å²) in [6, 6.07) is 11.2. The molecule has 3 aromatic rings. The van der Waals surface area contributed by atoms with Gasteiger partial charge < -0.3 is 9.15 Å². The van der Waals surface area contributed by atoms with Crippen LogP contribution in [0.25, 0.3) is 22.0 Å². The Morgan fingerprint density at radius 1 is 1.25 bits per heavy atom. The number of benzene rings is 1. The molecule has 0 saturated carbocycles. The number of hydrogen-bond acceptors (Lipinski definition) is 7. The SMILES string of the molecule is O=c1cc(-c2ccc(-c3cccc([N+](=O)[O-])c3)o2)sc(=S)n1CC1CCCO1. The number of non-ortho nitro benzene ring substituents is 1. The predicted octanol–water partition coefficient (Wildman–Crippen LogP) is 4.65. The molecule has 1 fully saturated rings. The van der Waals surface area contributed by atoms with Crippen molar-refractivity contribution in [1.82, 2.24) is 4.57 Å². The van der Waals surface area contributed by atoms with E-state index in [4.69, 9.17) is 21.4 Å². The largest absolute Gasteiger partial charge is 0.455 e. The molecular formula is C19H16N2O5S2. The lowest BCUT2D eigenvalue weighted by atomic mass is 10.1. The third-order valence-corrected chi connectivity index (χ3v) is 5.94. The van der Waals surface area contributed by atoms with Gasteiger partial charge in [-0.25, -0.2) is 0 Å². The number of furan rings is 1. The molecule has 2 aromatic heterocycles. The van der Waals surface area contributed by atoms with Gasteiger partial charge in [0.2, 0.25) is 0 Å². The lowest BCUT2D eigenvalue weighted by molar-refractivity contribution is -0.384. The molecule has 7 nitrogen and oxygen atoms in total. The molecule has 0 amide bonds. The first kappa shape index (κ1) is 18.7. The molecule has 0 N–H and O–H groups in total. The molecule has 1 atom stereocenters. The Bertz CT molecular complexity index is 1110. The normalized spacial score (nSPS) is 16.4. The standard InChI is InChI=1S/C19H16N2O5S2/c22-18-10-17(28-19(27)20(18)11-14-5-2-8-25-14)16-7-6-15(26-16)12-3-1-4-13(9-12)21(23)24/h1,3-4,6-7,9-10,14H,2,5,8,11H2. The van der Waals surface area contributed by atoms with Crippen LogP contribution in [0.1, 0.15) is 12.8 Å². The highest BCUT2D eigenvalue weighted by Gasteiger charge is 2.18. The highest BCUT2D eigenvalue weighted by atomic mass is 32.1. The van der Waals surface area contributed by atoms with Gasteiger partial charge in [-0.05, 0) is 37.2 Å². The molecule has 4 rings (SSSR count). The van der Waals surface area contributed by atoms with Crippen LogP contribution in [0.4, 0.5) is 5.69 Å². The maximum absolute atomic E-state index is 12.5. The Hall–Kier alpha value is -2.62. The Morgan fingerprint density at radius 2 is 2.07 bits per heavy atom. The number of rotatable bonds is 5. The smallest absolute Gasteiger partial charge is 0.270 e. The fourth-order valence-corrected chi connectivity index (χ4v) is 4.40. The molecule has 144 valence electrons. The molecule has 28 heavy (non-hydrogen) atoms. The minimum Gasteiger partial charge on any atom is -0.455 e. The molecule has 0 aliphatic carbocycles. The fraction of sp³-hybridized carbons (Fsp3) is 0.263. The van der Waals surface area contributed by atoms with E-state index in [0.29, 0.717) is 32.5 Å². The summed E-state index contributed by atoms with van der Waals surface area (Å²) in [5.74, 6) is 0.985. The first-order valence-electron chi connectivity index (χ1n) is 8.73. The van der Waals surface area contributed by atoms with E-state index < -0.39 is 4.92 Å². The molecule has 9 heteroatoms. The lowest BCUT2D eigenvalue weighted by Crippen LogP contribution is -2.25. The van der Waals surface area contributed by atoms with Crippen molar-refractivity contribution >= 4 is 29.2 Å². The molecule has 1 aliphatic heterocycles. The van der Waals surface area contributed by atoms with E-state index in [0.717, 1.165) is 19.4 Å². The van der Waals surface area contributed by atoms with Gasteiger partial charge in [-0.15, -0.1) is 11.3 Å². The number of nitro benzene ring substituents is 1. The Balaban J connectivity index is 1.63. The van der Waals surface area contributed by atoms with Crippen molar-refractivity contribution in [3.05, 3.63) is 66.9 Å². The number of hydrogen-bond donors (Lipinski definition) is 0. The van der Waals surface area contributed by atoms with Crippen molar-refractivity contribution in [2.75, 3.05) is 6.61 Å². The van der Waals surface area contributed by atoms with Gasteiger partial charge in [-0.1, -0.05) is 12.1 Å². The van der Waals surface area contributed by atoms with Crippen molar-refractivity contribution in [2.24, 2.45) is 0 Å². The first-order chi connectivity index (χ1) is 13.5. The second kappa shape index (κ2) is 7.78. The van der Waals surface area contributed by atoms with Crippen LogP contribution in [0.5, 0.6) is 0 Å². The monoisotopic (exact) mass is 416 g/mol. The average molecular weight is 416 g/mol. The van der Waals surface area contributed by atoms with Gasteiger partial charge in [0.25, 0.3) is 11.2 Å². The third kappa shape index (κ3) is 3.82. The topological polar surface area (TPSA) is 87.5 Å². The van der Waals surface area contributed by atoms with E-state index in [1.807, 2.05) is 0 Å². The molecule has 1 unspecified atom stereocenters. The zero-order chi connectivity index (χ0) is 19.7. The number of ether oxygens (including phenoxy) is 1. The van der Waals surface area contributed by atoms with E-state index in [2.05, 4.69) is 0 Å². The Kier molecular flexibility index (Phi) is 5.21. The van der Waals surface area contributed by atoms with E-state index in [1.54, 1.807) is 28.8 Å². The summed E-state index contributed by atoms with van der Waals surface area (Å²) >= 11 is 6.71. The van der Waals surface area contributed by atoms with Gasteiger partial charge in [0, 0.05) is 30.4 Å². The second-order valence-corrected chi connectivity index (χ2v) is 8.11. The van der Waals surface area contributed by atoms with Crippen LogP contribution in [-0.2, 0) is 11.3 Å². The van der Waals surface area contributed by atoms with Gasteiger partial charge in [0.1, 0.15) is 11.5 Å². The third-order valence-electron chi connectivity index (χ3n) is 4.54. The molecule has 1 saturated heterocycles. The Morgan fingerprint density at radius 3 is 2.79 bits per heavy atom. The maximum Gasteiger partial charge on any atom is 0.270 e. The minimum absolute atomic E-state index is 0.0113. The number of nitro groups is 1. The summed E-state index contributed by atoms with van der Waals surface area (Å²) in [5.41, 5.74) is 0.390. The molecule has 0 radical (unpaired) electrons. The van der Waals surface area contributed by atoms with Crippen molar-refractivity contribution in [3.63, 3.8) is 0 Å². The van der Waals surface area contributed by atoms with Gasteiger partial charge in [0.05, 0.1) is 22.4 Å². The van der Waals surface area contributed by atoms with Crippen molar-refractivity contribution in [2.45, 2.75) is 25.5 Å². The van der Waals surface area contributed by atoms with Gasteiger partial charge >= 0.3 is 0 Å². The summed E-state index contributed by atoms with van der Waals surface area (Å²) in [4.78, 5) is 23.7. The molecule has 3 heterocycles. The summed E-state index contributed by atoms with van der Waals surface area (Å²) < 4.78 is 13.5. The van der Waals surface area contributed by atoms with E-state index >= 15 is 0 Å². The number of nitrogens with zero attached hydrogens (tertiary/aromatic N) is 2. The van der Waals surface area contributed by atoms with Crippen molar-refractivity contribution < 1.29 is 14.1 Å². The lowest BCUT2D eigenvalue weighted by Gasteiger charge is -2.11. The quantitative estimate of drug-likeness (QED) is 0.342. The van der Waals surface area contributed by atoms with Crippen LogP contribution in [0.3, 0.4) is 0 Å². The van der Waals surface area contributed by atoms with Crippen LogP contribution in [0, 0.1) is 14.1 Å². The average Bonchev–Trinajstić information content (AvgIpc) is 3.36. The van der Waals surface area contributed by atoms with Crippen LogP contribution >= 0.6 is 23.6 Å². The van der Waals surface area contributed by atoms with E-state index in [9.17, 15) is 14.9 Å². The van der Waals surface area contributed by atoms with Crippen molar-refractivity contribution in [1.29, 1.82) is 0 Å². The van der Waals surface area contributed by atoms with Gasteiger partial charge in [-0.2, -0.15) is 0 Å². The molecule has 0 spiro atoms. The highest BCUT2D eigenvalue weighted by molar-refractivity contribution is 7.73. The van der Waals surface area contributed by atoms with Gasteiger partial charge in [-0.3, -0.25) is 19.5 Å². The fourth-order valence-electron chi connectivity index (χ4n) is 3.13. The van der Waals surface area contributed by atoms with Crippen LogP contribution in [-0.4, -0.2) is 22.2 Å². The minimum atomic E-state index is -0.452. The molecule has 0 bridgehead atoms. The molecule has 1 aliphatic rings. The summed E-state index contributed by atoms with van der Waals surface area (Å²) in [6.45, 7) is 1.19. The maximum atomic E-state index is 12.5. The Labute approximate surface area is 169 Å². The van der Waals surface area contributed by atoms with Crippen LogP contribution in [0.2, 0.25) is 0 Å². The predicted molar refractivity (Wildman–Crippen MR) is 108 cm³/mol. The van der Waals surface area contributed by atoms with Crippen molar-refractivity contribution in [3.8, 4) is 22.0 Å². The van der Waals surface area contributed by atoms with Crippen LogP contribution < -0.4 is 5.56 Å². The zero-order valence-corrected chi connectivity index (χ0v) is 16.3. The van der Waals surface area contributed by atoms with E-state index in [1.165, 1.54) is 29.5 Å². The zero-order valence-electron chi connectivity index (χ0n) is 14.7. The second-order valence-electron chi connectivity index (χ2n) is 6.43. The van der Waals surface area contributed by atoms with Gasteiger partial charge in [0.15, 0.2) is 3.95 Å².